The van der Waals surface area contributed by atoms with Crippen LogP contribution in [0.3, 0.4) is 0 Å². The summed E-state index contributed by atoms with van der Waals surface area (Å²) in [6.45, 7) is 0.238. The van der Waals surface area contributed by atoms with Crippen molar-refractivity contribution in [2.24, 2.45) is 5.10 Å². The third kappa shape index (κ3) is 6.35. The van der Waals surface area contributed by atoms with E-state index in [1.54, 1.807) is 13.2 Å². The van der Waals surface area contributed by atoms with Gasteiger partial charge in [-0.3, -0.25) is 4.79 Å². The molecular formula is C23H21BrN2O4. The molecule has 0 saturated heterocycles. The fourth-order valence-corrected chi connectivity index (χ4v) is 2.95. The van der Waals surface area contributed by atoms with Crippen LogP contribution >= 0.6 is 15.9 Å². The first kappa shape index (κ1) is 21.4. The van der Waals surface area contributed by atoms with E-state index >= 15 is 0 Å². The van der Waals surface area contributed by atoms with Gasteiger partial charge in [0.25, 0.3) is 5.91 Å². The topological polar surface area (TPSA) is 69.2 Å². The molecule has 0 atom stereocenters. The van der Waals surface area contributed by atoms with Crippen LogP contribution in [0.5, 0.6) is 17.2 Å². The Morgan fingerprint density at radius 3 is 2.57 bits per heavy atom. The summed E-state index contributed by atoms with van der Waals surface area (Å²) in [5.74, 6) is 1.66. The van der Waals surface area contributed by atoms with Gasteiger partial charge in [-0.2, -0.15) is 5.10 Å². The molecule has 6 nitrogen and oxygen atoms in total. The third-order valence-electron chi connectivity index (χ3n) is 4.04. The summed E-state index contributed by atoms with van der Waals surface area (Å²) in [4.78, 5) is 12.0. The van der Waals surface area contributed by atoms with Crippen LogP contribution in [0, 0.1) is 0 Å². The Morgan fingerprint density at radius 1 is 1.00 bits per heavy atom. The van der Waals surface area contributed by atoms with Crippen LogP contribution < -0.4 is 19.6 Å². The highest BCUT2D eigenvalue weighted by atomic mass is 79.9. The molecule has 0 bridgehead atoms. The molecule has 0 saturated carbocycles. The van der Waals surface area contributed by atoms with Gasteiger partial charge < -0.3 is 14.2 Å². The summed E-state index contributed by atoms with van der Waals surface area (Å²) in [5, 5.41) is 4.00. The number of hydrogen-bond donors (Lipinski definition) is 1. The number of nitrogens with one attached hydrogen (secondary N) is 1. The van der Waals surface area contributed by atoms with Gasteiger partial charge in [-0.1, -0.05) is 36.4 Å². The minimum absolute atomic E-state index is 0.145. The second-order valence-electron chi connectivity index (χ2n) is 6.19. The molecule has 0 aliphatic carbocycles. The summed E-state index contributed by atoms with van der Waals surface area (Å²) >= 11 is 3.37. The van der Waals surface area contributed by atoms with Gasteiger partial charge in [0.15, 0.2) is 6.61 Å². The molecule has 1 N–H and O–H groups in total. The Morgan fingerprint density at radius 2 is 1.77 bits per heavy atom. The van der Waals surface area contributed by atoms with Crippen LogP contribution in [0.2, 0.25) is 0 Å². The number of hydrazone groups is 1. The average molecular weight is 469 g/mol. The molecule has 0 aromatic heterocycles. The van der Waals surface area contributed by atoms with Crippen LogP contribution in [0.15, 0.2) is 82.4 Å². The number of halogens is 1. The zero-order chi connectivity index (χ0) is 21.2. The number of ether oxygens (including phenoxy) is 3. The van der Waals surface area contributed by atoms with E-state index in [-0.39, 0.29) is 12.5 Å². The number of nitrogens with zero attached hydrogens (tertiary/aromatic N) is 1. The van der Waals surface area contributed by atoms with Crippen LogP contribution in [0.1, 0.15) is 11.1 Å². The Bertz CT molecular complexity index is 1020. The zero-order valence-electron chi connectivity index (χ0n) is 16.4. The summed E-state index contributed by atoms with van der Waals surface area (Å²) < 4.78 is 17.4. The molecule has 0 unspecified atom stereocenters. The molecule has 30 heavy (non-hydrogen) atoms. The van der Waals surface area contributed by atoms with Crippen LogP contribution in [-0.2, 0) is 11.4 Å². The lowest BCUT2D eigenvalue weighted by Gasteiger charge is -2.10. The second kappa shape index (κ2) is 11.0. The molecule has 3 rings (SSSR count). The molecule has 0 radical (unpaired) electrons. The maximum absolute atomic E-state index is 12.0. The second-order valence-corrected chi connectivity index (χ2v) is 7.04. The first-order valence-corrected chi connectivity index (χ1v) is 9.99. The van der Waals surface area contributed by atoms with Crippen molar-refractivity contribution in [3.63, 3.8) is 0 Å². The van der Waals surface area contributed by atoms with E-state index in [1.807, 2.05) is 66.7 Å². The van der Waals surface area contributed by atoms with Gasteiger partial charge in [-0.05, 0) is 57.9 Å². The monoisotopic (exact) mass is 468 g/mol. The quantitative estimate of drug-likeness (QED) is 0.369. The van der Waals surface area contributed by atoms with Crippen LogP contribution in [0.4, 0.5) is 0 Å². The summed E-state index contributed by atoms with van der Waals surface area (Å²) in [7, 11) is 1.63. The van der Waals surface area contributed by atoms with E-state index in [0.717, 1.165) is 21.3 Å². The Balaban J connectivity index is 1.54. The van der Waals surface area contributed by atoms with E-state index in [1.165, 1.54) is 6.21 Å². The summed E-state index contributed by atoms with van der Waals surface area (Å²) in [6, 6.07) is 22.4. The maximum atomic E-state index is 12.0. The largest absolute Gasteiger partial charge is 0.497 e. The number of hydrogen-bond acceptors (Lipinski definition) is 5. The lowest BCUT2D eigenvalue weighted by atomic mass is 10.2. The molecule has 3 aromatic carbocycles. The first-order valence-electron chi connectivity index (χ1n) is 9.19. The highest BCUT2D eigenvalue weighted by Crippen LogP contribution is 2.23. The predicted octanol–water partition coefficient (Wildman–Crippen LogP) is 4.57. The SMILES string of the molecule is COc1cccc(COc2ccccc2/C=N\NC(=O)COc2ccccc2Br)c1. The van der Waals surface area contributed by atoms with Crippen LogP contribution in [0.25, 0.3) is 0 Å². The van der Waals surface area contributed by atoms with Gasteiger partial charge in [0, 0.05) is 5.56 Å². The molecule has 3 aromatic rings. The number of para-hydroxylation sites is 2. The summed E-state index contributed by atoms with van der Waals surface area (Å²) in [6.07, 6.45) is 1.54. The van der Waals surface area contributed by atoms with E-state index in [9.17, 15) is 4.79 Å². The number of methoxy groups -OCH3 is 1. The predicted molar refractivity (Wildman–Crippen MR) is 119 cm³/mol. The molecule has 1 amide bonds. The number of rotatable bonds is 9. The minimum Gasteiger partial charge on any atom is -0.497 e. The van der Waals surface area contributed by atoms with Gasteiger partial charge in [0.05, 0.1) is 17.8 Å². The van der Waals surface area contributed by atoms with Crippen molar-refractivity contribution in [1.82, 2.24) is 5.43 Å². The molecule has 154 valence electrons. The zero-order valence-corrected chi connectivity index (χ0v) is 18.0. The number of carbonyl (C=O) groups excluding carboxylic acids is 1. The van der Waals surface area contributed by atoms with Crippen molar-refractivity contribution in [3.8, 4) is 17.2 Å². The van der Waals surface area contributed by atoms with Gasteiger partial charge in [-0.25, -0.2) is 5.43 Å². The average Bonchev–Trinajstić information content (AvgIpc) is 2.78. The fraction of sp³-hybridized carbons (Fsp3) is 0.130. The molecule has 0 fully saturated rings. The van der Waals surface area contributed by atoms with E-state index in [4.69, 9.17) is 14.2 Å². The first-order chi connectivity index (χ1) is 14.7. The normalized spacial score (nSPS) is 10.6. The Hall–Kier alpha value is -3.32. The van der Waals surface area contributed by atoms with Gasteiger partial charge in [-0.15, -0.1) is 0 Å². The van der Waals surface area contributed by atoms with Crippen LogP contribution in [-0.4, -0.2) is 25.8 Å². The van der Waals surface area contributed by atoms with E-state index < -0.39 is 0 Å². The van der Waals surface area contributed by atoms with E-state index in [0.29, 0.717) is 18.1 Å². The lowest BCUT2D eigenvalue weighted by Crippen LogP contribution is -2.24. The number of benzene rings is 3. The maximum Gasteiger partial charge on any atom is 0.277 e. The lowest BCUT2D eigenvalue weighted by molar-refractivity contribution is -0.123. The fourth-order valence-electron chi connectivity index (χ4n) is 2.55. The van der Waals surface area contributed by atoms with Crippen molar-refractivity contribution in [3.05, 3.63) is 88.4 Å². The standard InChI is InChI=1S/C23H21BrN2O4/c1-28-19-9-6-7-17(13-19)15-29-21-11-4-2-8-18(21)14-25-26-23(27)16-30-22-12-5-3-10-20(22)24/h2-14H,15-16H2,1H3,(H,26,27)/b25-14-. The smallest absolute Gasteiger partial charge is 0.277 e. The minimum atomic E-state index is -0.364. The van der Waals surface area contributed by atoms with Gasteiger partial charge in [0.1, 0.15) is 23.9 Å². The highest BCUT2D eigenvalue weighted by molar-refractivity contribution is 9.10. The van der Waals surface area contributed by atoms with Gasteiger partial charge in [0.2, 0.25) is 0 Å². The Labute approximate surface area is 183 Å². The van der Waals surface area contributed by atoms with Crippen molar-refractivity contribution >= 4 is 28.1 Å². The molecule has 0 spiro atoms. The third-order valence-corrected chi connectivity index (χ3v) is 4.69. The van der Waals surface area contributed by atoms with E-state index in [2.05, 4.69) is 26.5 Å². The van der Waals surface area contributed by atoms with Crippen molar-refractivity contribution in [2.45, 2.75) is 6.61 Å². The van der Waals surface area contributed by atoms with Crippen molar-refractivity contribution in [1.29, 1.82) is 0 Å². The van der Waals surface area contributed by atoms with Crippen molar-refractivity contribution in [2.75, 3.05) is 13.7 Å². The number of amides is 1. The molecule has 0 heterocycles. The molecule has 0 aliphatic heterocycles. The number of carbonyl (C=O) groups is 1. The highest BCUT2D eigenvalue weighted by Gasteiger charge is 2.05. The van der Waals surface area contributed by atoms with Gasteiger partial charge >= 0.3 is 0 Å². The molecule has 7 heteroatoms. The van der Waals surface area contributed by atoms with Crippen molar-refractivity contribution < 1.29 is 19.0 Å². The summed E-state index contributed by atoms with van der Waals surface area (Å²) in [5.41, 5.74) is 4.18. The molecule has 0 aliphatic rings. The Kier molecular flexibility index (Phi) is 7.86. The molecular weight excluding hydrogens is 448 g/mol.